The highest BCUT2D eigenvalue weighted by Gasteiger charge is 2.53. The quantitative estimate of drug-likeness (QED) is 0.293. The van der Waals surface area contributed by atoms with E-state index in [9.17, 15) is 9.18 Å². The van der Waals surface area contributed by atoms with Gasteiger partial charge in [0.25, 0.3) is 0 Å². The molecular weight excluding hydrogens is 489 g/mol. The van der Waals surface area contributed by atoms with Crippen LogP contribution < -0.4 is 0 Å². The van der Waals surface area contributed by atoms with Gasteiger partial charge in [-0.1, -0.05) is 76.1 Å². The predicted octanol–water partition coefficient (Wildman–Crippen LogP) is 8.31. The van der Waals surface area contributed by atoms with Gasteiger partial charge in [0.05, 0.1) is 11.6 Å². The number of ether oxygens (including phenoxy) is 1. The van der Waals surface area contributed by atoms with Crippen LogP contribution in [0.5, 0.6) is 0 Å². The van der Waals surface area contributed by atoms with Crippen LogP contribution in [0.25, 0.3) is 17.2 Å². The van der Waals surface area contributed by atoms with Crippen molar-refractivity contribution < 1.29 is 18.7 Å². The van der Waals surface area contributed by atoms with Gasteiger partial charge in [0.2, 0.25) is 0 Å². The number of nitrogens with zero attached hydrogens (tertiary/aromatic N) is 1. The summed E-state index contributed by atoms with van der Waals surface area (Å²) in [5.74, 6) is 2.85. The molecule has 0 N–H and O–H groups in total. The summed E-state index contributed by atoms with van der Waals surface area (Å²) in [6, 6.07) is 10.5. The molecule has 39 heavy (non-hydrogen) atoms. The number of allylic oxidation sites excluding steroid dienone is 1. The third-order valence-electron chi connectivity index (χ3n) is 9.31. The molecule has 4 nitrogen and oxygen atoms in total. The first-order valence-corrected chi connectivity index (χ1v) is 15.0. The van der Waals surface area contributed by atoms with Gasteiger partial charge in [0, 0.05) is 17.7 Å². The molecule has 6 rings (SSSR count). The second-order valence-corrected chi connectivity index (χ2v) is 11.6. The number of hydrogen-bond acceptors (Lipinski definition) is 4. The SMILES string of the molecule is CC=O.CCC1CCC1.C[C@@H]1OC(=O)C2CC3CCCC[C@H]3C(/C=C/c3ccc(-c4cccc(F)c4)cn3)[C@H]21. The fourth-order valence-corrected chi connectivity index (χ4v) is 7.04. The number of benzene rings is 1. The number of aldehydes is 1. The number of carbonyl (C=O) groups excluding carboxylic acids is 2. The van der Waals surface area contributed by atoms with Crippen molar-refractivity contribution in [2.75, 3.05) is 0 Å². The van der Waals surface area contributed by atoms with E-state index in [0.717, 1.165) is 35.4 Å². The van der Waals surface area contributed by atoms with E-state index < -0.39 is 0 Å². The second kappa shape index (κ2) is 14.0. The minimum Gasteiger partial charge on any atom is -0.462 e. The van der Waals surface area contributed by atoms with Crippen molar-refractivity contribution in [1.29, 1.82) is 0 Å². The number of pyridine rings is 1. The Morgan fingerprint density at radius 1 is 1.05 bits per heavy atom. The van der Waals surface area contributed by atoms with Crippen molar-refractivity contribution in [3.05, 3.63) is 60.2 Å². The lowest BCUT2D eigenvalue weighted by Crippen LogP contribution is -2.42. The molecule has 0 bridgehead atoms. The second-order valence-electron chi connectivity index (χ2n) is 11.6. The molecule has 2 heterocycles. The molecule has 3 unspecified atom stereocenters. The zero-order valence-electron chi connectivity index (χ0n) is 23.7. The van der Waals surface area contributed by atoms with E-state index in [2.05, 4.69) is 31.0 Å². The summed E-state index contributed by atoms with van der Waals surface area (Å²) in [5, 5.41) is 0. The number of esters is 1. The van der Waals surface area contributed by atoms with E-state index in [1.54, 1.807) is 12.3 Å². The van der Waals surface area contributed by atoms with Crippen LogP contribution in [0.3, 0.4) is 0 Å². The first-order valence-electron chi connectivity index (χ1n) is 15.0. The van der Waals surface area contributed by atoms with Crippen LogP contribution in [0.4, 0.5) is 4.39 Å². The molecule has 6 atom stereocenters. The van der Waals surface area contributed by atoms with E-state index >= 15 is 0 Å². The Labute approximate surface area is 233 Å². The topological polar surface area (TPSA) is 56.3 Å². The first kappa shape index (κ1) is 29.2. The Kier molecular flexibility index (Phi) is 10.5. The monoisotopic (exact) mass is 533 g/mol. The molecule has 3 aliphatic carbocycles. The van der Waals surface area contributed by atoms with Gasteiger partial charge in [-0.15, -0.1) is 0 Å². The summed E-state index contributed by atoms with van der Waals surface area (Å²) in [5.41, 5.74) is 2.62. The largest absolute Gasteiger partial charge is 0.462 e. The summed E-state index contributed by atoms with van der Waals surface area (Å²) >= 11 is 0. The van der Waals surface area contributed by atoms with Crippen LogP contribution in [-0.2, 0) is 14.3 Å². The minimum absolute atomic E-state index is 0.00694. The molecule has 0 amide bonds. The number of hydrogen-bond donors (Lipinski definition) is 0. The highest BCUT2D eigenvalue weighted by molar-refractivity contribution is 5.75. The zero-order valence-corrected chi connectivity index (χ0v) is 23.7. The first-order chi connectivity index (χ1) is 18.9. The number of halogens is 1. The van der Waals surface area contributed by atoms with E-state index in [-0.39, 0.29) is 29.7 Å². The average Bonchev–Trinajstić information content (AvgIpc) is 3.20. The molecule has 210 valence electrons. The summed E-state index contributed by atoms with van der Waals surface area (Å²) in [6.45, 7) is 5.78. The van der Waals surface area contributed by atoms with Gasteiger partial charge in [-0.25, -0.2) is 4.39 Å². The van der Waals surface area contributed by atoms with Gasteiger partial charge in [0.1, 0.15) is 18.2 Å². The lowest BCUT2D eigenvalue weighted by atomic mass is 9.57. The Balaban J connectivity index is 0.000000337. The maximum Gasteiger partial charge on any atom is 0.309 e. The summed E-state index contributed by atoms with van der Waals surface area (Å²) < 4.78 is 19.1. The third kappa shape index (κ3) is 7.23. The Bertz CT molecular complexity index is 1110. The van der Waals surface area contributed by atoms with E-state index in [1.165, 1.54) is 70.4 Å². The van der Waals surface area contributed by atoms with Crippen molar-refractivity contribution >= 4 is 18.3 Å². The van der Waals surface area contributed by atoms with E-state index in [4.69, 9.17) is 9.53 Å². The molecule has 1 aliphatic heterocycles. The molecule has 1 aromatic carbocycles. The summed E-state index contributed by atoms with van der Waals surface area (Å²) in [6.07, 6.45) is 18.9. The van der Waals surface area contributed by atoms with Crippen molar-refractivity contribution in [3.63, 3.8) is 0 Å². The molecule has 2 aromatic rings. The molecule has 4 fully saturated rings. The number of cyclic esters (lactones) is 1. The number of fused-ring (bicyclic) bond motifs is 2. The van der Waals surface area contributed by atoms with E-state index in [0.29, 0.717) is 17.8 Å². The summed E-state index contributed by atoms with van der Waals surface area (Å²) in [7, 11) is 0. The number of aromatic nitrogens is 1. The van der Waals surface area contributed by atoms with Gasteiger partial charge < -0.3 is 9.53 Å². The molecule has 1 saturated heterocycles. The lowest BCUT2D eigenvalue weighted by molar-refractivity contribution is -0.144. The van der Waals surface area contributed by atoms with Crippen LogP contribution in [0.1, 0.15) is 84.3 Å². The van der Waals surface area contributed by atoms with E-state index in [1.807, 2.05) is 18.2 Å². The number of rotatable bonds is 4. The highest BCUT2D eigenvalue weighted by atomic mass is 19.1. The van der Waals surface area contributed by atoms with Crippen molar-refractivity contribution in [3.8, 4) is 11.1 Å². The fraction of sp³-hybridized carbons (Fsp3) is 0.559. The normalized spacial score (nSPS) is 29.5. The highest BCUT2D eigenvalue weighted by Crippen LogP contribution is 2.53. The van der Waals surface area contributed by atoms with Crippen LogP contribution in [0, 0.1) is 41.3 Å². The van der Waals surface area contributed by atoms with Crippen LogP contribution in [-0.4, -0.2) is 23.3 Å². The minimum atomic E-state index is -0.243. The Hall–Kier alpha value is -2.82. The lowest BCUT2D eigenvalue weighted by Gasteiger charge is -2.45. The van der Waals surface area contributed by atoms with Crippen molar-refractivity contribution in [2.45, 2.75) is 84.7 Å². The average molecular weight is 534 g/mol. The maximum atomic E-state index is 13.5. The van der Waals surface area contributed by atoms with Crippen LogP contribution in [0.15, 0.2) is 48.7 Å². The Morgan fingerprint density at radius 2 is 1.82 bits per heavy atom. The fourth-order valence-electron chi connectivity index (χ4n) is 7.04. The van der Waals surface area contributed by atoms with Crippen LogP contribution in [0.2, 0.25) is 0 Å². The molecule has 1 aromatic heterocycles. The standard InChI is InChI=1S/C26H28FNO2.C6H12.C2H4O/c1-16-25-23(22-8-3-2-5-18(22)14-24(25)26(29)30-16)12-11-21-10-9-19(15-28-21)17-6-4-7-20(27)13-17;1-2-6-4-3-5-6;1-2-3/h4,6-7,9-13,15-16,18,22-25H,2-3,5,8,14H2,1H3;6H,2-5H2,1H3;2H,1H3/b12-11+;;/t16-,18?,22+,23?,24?,25+;;/m0../s1. The van der Waals surface area contributed by atoms with Gasteiger partial charge in [-0.2, -0.15) is 0 Å². The molecule has 0 radical (unpaired) electrons. The van der Waals surface area contributed by atoms with Crippen molar-refractivity contribution in [2.24, 2.45) is 35.5 Å². The summed E-state index contributed by atoms with van der Waals surface area (Å²) in [4.78, 5) is 25.8. The zero-order chi connectivity index (χ0) is 27.8. The van der Waals surface area contributed by atoms with Gasteiger partial charge in [0.15, 0.2) is 0 Å². The Morgan fingerprint density at radius 3 is 2.44 bits per heavy atom. The smallest absolute Gasteiger partial charge is 0.309 e. The predicted molar refractivity (Wildman–Crippen MR) is 154 cm³/mol. The molecule has 5 heteroatoms. The van der Waals surface area contributed by atoms with Crippen LogP contribution >= 0.6 is 0 Å². The van der Waals surface area contributed by atoms with Gasteiger partial charge in [-0.05, 0) is 80.2 Å². The third-order valence-corrected chi connectivity index (χ3v) is 9.31. The van der Waals surface area contributed by atoms with Gasteiger partial charge >= 0.3 is 5.97 Å². The van der Waals surface area contributed by atoms with Crippen molar-refractivity contribution in [1.82, 2.24) is 4.98 Å². The number of carbonyl (C=O) groups is 2. The maximum absolute atomic E-state index is 13.5. The van der Waals surface area contributed by atoms with Gasteiger partial charge in [-0.3, -0.25) is 9.78 Å². The molecule has 4 aliphatic rings. The molecule has 0 spiro atoms. The molecular formula is C34H44FNO3. The molecule has 3 saturated carbocycles.